The van der Waals surface area contributed by atoms with Crippen LogP contribution < -0.4 is 5.73 Å². The first-order valence-corrected chi connectivity index (χ1v) is 6.90. The van der Waals surface area contributed by atoms with E-state index in [4.69, 9.17) is 5.73 Å². The fourth-order valence-electron chi connectivity index (χ4n) is 1.96. The van der Waals surface area contributed by atoms with E-state index in [9.17, 15) is 0 Å². The Hall–Kier alpha value is -1.13. The van der Waals surface area contributed by atoms with Gasteiger partial charge in [-0.15, -0.1) is 0 Å². The summed E-state index contributed by atoms with van der Waals surface area (Å²) in [6.45, 7) is 4.44. The van der Waals surface area contributed by atoms with Crippen molar-refractivity contribution in [2.75, 3.05) is 0 Å². The molecule has 0 aliphatic carbocycles. The zero-order chi connectivity index (χ0) is 13.1. The van der Waals surface area contributed by atoms with Crippen LogP contribution in [0.5, 0.6) is 0 Å². The van der Waals surface area contributed by atoms with Crippen molar-refractivity contribution in [3.8, 4) is 0 Å². The Morgan fingerprint density at radius 3 is 2.44 bits per heavy atom. The number of hydrogen-bond acceptors (Lipinski definition) is 2. The highest BCUT2D eigenvalue weighted by molar-refractivity contribution is 9.10. The van der Waals surface area contributed by atoms with E-state index >= 15 is 0 Å². The number of nitrogens with one attached hydrogen (secondary N) is 1. The number of benzene rings is 1. The number of aromatic amines is 1. The lowest BCUT2D eigenvalue weighted by atomic mass is 9.99. The zero-order valence-corrected chi connectivity index (χ0v) is 12.2. The normalized spacial score (nSPS) is 12.9. The molecular weight excluding hydrogens is 290 g/mol. The van der Waals surface area contributed by atoms with Crippen LogP contribution in [0.2, 0.25) is 0 Å². The molecule has 2 aromatic rings. The van der Waals surface area contributed by atoms with Crippen molar-refractivity contribution >= 4 is 15.9 Å². The number of imidazole rings is 1. The van der Waals surface area contributed by atoms with Crippen LogP contribution in [0.25, 0.3) is 0 Å². The van der Waals surface area contributed by atoms with Crippen molar-refractivity contribution in [2.24, 2.45) is 11.7 Å². The standard InChI is InChI=1S/C14H18BrN3/c1-9(2)7-10-3-5-11(6-4-10)13(16)14-17-8-12(15)18-14/h3-6,8-9,13H,7,16H2,1-2H3,(H,17,18). The van der Waals surface area contributed by atoms with Gasteiger partial charge in [0.15, 0.2) is 0 Å². The summed E-state index contributed by atoms with van der Waals surface area (Å²) in [7, 11) is 0. The number of halogens is 1. The van der Waals surface area contributed by atoms with Gasteiger partial charge in [0.1, 0.15) is 10.4 Å². The Balaban J connectivity index is 2.14. The summed E-state index contributed by atoms with van der Waals surface area (Å²) in [6, 6.07) is 8.25. The summed E-state index contributed by atoms with van der Waals surface area (Å²) in [5.41, 5.74) is 8.59. The maximum Gasteiger partial charge on any atom is 0.128 e. The van der Waals surface area contributed by atoms with E-state index in [1.54, 1.807) is 6.20 Å². The van der Waals surface area contributed by atoms with Crippen LogP contribution in [0.4, 0.5) is 0 Å². The van der Waals surface area contributed by atoms with E-state index in [1.807, 2.05) is 0 Å². The molecule has 0 saturated heterocycles. The second-order valence-corrected chi connectivity index (χ2v) is 5.79. The van der Waals surface area contributed by atoms with Gasteiger partial charge in [0.2, 0.25) is 0 Å². The van der Waals surface area contributed by atoms with Gasteiger partial charge in [0, 0.05) is 0 Å². The van der Waals surface area contributed by atoms with Gasteiger partial charge in [0.25, 0.3) is 0 Å². The van der Waals surface area contributed by atoms with Crippen LogP contribution in [-0.2, 0) is 6.42 Å². The first-order valence-electron chi connectivity index (χ1n) is 6.11. The van der Waals surface area contributed by atoms with Crippen LogP contribution in [0.3, 0.4) is 0 Å². The Morgan fingerprint density at radius 1 is 1.28 bits per heavy atom. The summed E-state index contributed by atoms with van der Waals surface area (Å²) in [5, 5.41) is 0. The Labute approximate surface area is 116 Å². The van der Waals surface area contributed by atoms with Crippen molar-refractivity contribution in [1.29, 1.82) is 0 Å². The molecule has 1 unspecified atom stereocenters. The van der Waals surface area contributed by atoms with Gasteiger partial charge in [-0.05, 0) is 39.4 Å². The van der Waals surface area contributed by atoms with Crippen molar-refractivity contribution < 1.29 is 0 Å². The second-order valence-electron chi connectivity index (χ2n) is 4.93. The molecule has 1 aromatic heterocycles. The van der Waals surface area contributed by atoms with Crippen LogP contribution >= 0.6 is 15.9 Å². The minimum absolute atomic E-state index is 0.204. The summed E-state index contributed by atoms with van der Waals surface area (Å²) in [5.74, 6) is 1.45. The molecule has 0 amide bonds. The molecule has 0 aliphatic heterocycles. The van der Waals surface area contributed by atoms with E-state index in [2.05, 4.69) is 64.0 Å². The maximum absolute atomic E-state index is 6.17. The molecule has 0 spiro atoms. The van der Waals surface area contributed by atoms with E-state index < -0.39 is 0 Å². The molecule has 0 aliphatic rings. The van der Waals surface area contributed by atoms with Gasteiger partial charge in [0.05, 0.1) is 12.2 Å². The van der Waals surface area contributed by atoms with E-state index in [1.165, 1.54) is 5.56 Å². The van der Waals surface area contributed by atoms with Crippen LogP contribution in [-0.4, -0.2) is 9.97 Å². The highest BCUT2D eigenvalue weighted by Crippen LogP contribution is 2.19. The van der Waals surface area contributed by atoms with Gasteiger partial charge in [-0.1, -0.05) is 38.1 Å². The molecule has 0 bridgehead atoms. The predicted molar refractivity (Wildman–Crippen MR) is 77.3 cm³/mol. The highest BCUT2D eigenvalue weighted by atomic mass is 79.9. The lowest BCUT2D eigenvalue weighted by molar-refractivity contribution is 0.647. The quantitative estimate of drug-likeness (QED) is 0.909. The smallest absolute Gasteiger partial charge is 0.128 e. The maximum atomic E-state index is 6.17. The number of rotatable bonds is 4. The largest absolute Gasteiger partial charge is 0.335 e. The Bertz CT molecular complexity index is 502. The van der Waals surface area contributed by atoms with Crippen molar-refractivity contribution in [1.82, 2.24) is 9.97 Å². The van der Waals surface area contributed by atoms with E-state index in [0.717, 1.165) is 22.4 Å². The topological polar surface area (TPSA) is 54.7 Å². The molecule has 0 radical (unpaired) electrons. The lowest BCUT2D eigenvalue weighted by Crippen LogP contribution is -2.13. The minimum Gasteiger partial charge on any atom is -0.335 e. The number of nitrogens with zero attached hydrogens (tertiary/aromatic N) is 1. The molecule has 3 N–H and O–H groups in total. The number of aromatic nitrogens is 2. The highest BCUT2D eigenvalue weighted by Gasteiger charge is 2.12. The third-order valence-corrected chi connectivity index (χ3v) is 3.24. The monoisotopic (exact) mass is 307 g/mol. The first-order chi connectivity index (χ1) is 8.56. The number of nitrogens with two attached hydrogens (primary N) is 1. The molecule has 1 heterocycles. The molecule has 0 saturated carbocycles. The molecule has 96 valence electrons. The molecular formula is C14H18BrN3. The van der Waals surface area contributed by atoms with Crippen molar-refractivity contribution in [3.05, 3.63) is 52.0 Å². The van der Waals surface area contributed by atoms with Gasteiger partial charge >= 0.3 is 0 Å². The fraction of sp³-hybridized carbons (Fsp3) is 0.357. The predicted octanol–water partition coefficient (Wildman–Crippen LogP) is 3.42. The number of hydrogen-bond donors (Lipinski definition) is 2. The first kappa shape index (κ1) is 13.3. The number of H-pyrrole nitrogens is 1. The zero-order valence-electron chi connectivity index (χ0n) is 10.7. The van der Waals surface area contributed by atoms with E-state index in [-0.39, 0.29) is 6.04 Å². The third kappa shape index (κ3) is 3.21. The van der Waals surface area contributed by atoms with Crippen LogP contribution in [0, 0.1) is 5.92 Å². The molecule has 2 rings (SSSR count). The lowest BCUT2D eigenvalue weighted by Gasteiger charge is -2.11. The van der Waals surface area contributed by atoms with Crippen LogP contribution in [0.15, 0.2) is 35.1 Å². The molecule has 1 aromatic carbocycles. The third-order valence-electron chi connectivity index (χ3n) is 2.84. The second kappa shape index (κ2) is 5.67. The summed E-state index contributed by atoms with van der Waals surface area (Å²) >= 11 is 3.34. The SMILES string of the molecule is CC(C)Cc1ccc(C(N)c2ncc(Br)[nH]2)cc1. The summed E-state index contributed by atoms with van der Waals surface area (Å²) in [6.07, 6.45) is 2.82. The summed E-state index contributed by atoms with van der Waals surface area (Å²) in [4.78, 5) is 7.34. The van der Waals surface area contributed by atoms with Crippen molar-refractivity contribution in [3.63, 3.8) is 0 Å². The van der Waals surface area contributed by atoms with E-state index in [0.29, 0.717) is 5.92 Å². The van der Waals surface area contributed by atoms with Gasteiger partial charge < -0.3 is 10.7 Å². The summed E-state index contributed by atoms with van der Waals surface area (Å²) < 4.78 is 0.851. The van der Waals surface area contributed by atoms with Crippen molar-refractivity contribution in [2.45, 2.75) is 26.3 Å². The molecule has 0 fully saturated rings. The average Bonchev–Trinajstić information content (AvgIpc) is 2.75. The minimum atomic E-state index is -0.204. The Morgan fingerprint density at radius 2 is 1.94 bits per heavy atom. The fourth-order valence-corrected chi connectivity index (χ4v) is 2.27. The average molecular weight is 308 g/mol. The Kier molecular flexibility index (Phi) is 4.19. The molecule has 4 heteroatoms. The van der Waals surface area contributed by atoms with Gasteiger partial charge in [-0.25, -0.2) is 4.98 Å². The van der Waals surface area contributed by atoms with Crippen LogP contribution in [0.1, 0.15) is 36.8 Å². The molecule has 3 nitrogen and oxygen atoms in total. The van der Waals surface area contributed by atoms with Gasteiger partial charge in [-0.3, -0.25) is 0 Å². The van der Waals surface area contributed by atoms with Gasteiger partial charge in [-0.2, -0.15) is 0 Å². The molecule has 1 atom stereocenters. The molecule has 18 heavy (non-hydrogen) atoms.